The second-order valence-electron chi connectivity index (χ2n) is 5.81. The third-order valence-corrected chi connectivity index (χ3v) is 5.96. The number of carbonyl (C=O) groups is 3. The van der Waals surface area contributed by atoms with E-state index >= 15 is 0 Å². The normalized spacial score (nSPS) is 13.0. The van der Waals surface area contributed by atoms with Gasteiger partial charge in [0.25, 0.3) is 17.7 Å². The molecule has 2 heterocycles. The fraction of sp³-hybridized carbons (Fsp3) is 0.0500. The van der Waals surface area contributed by atoms with Crippen molar-refractivity contribution in [3.05, 3.63) is 82.0 Å². The van der Waals surface area contributed by atoms with Crippen molar-refractivity contribution in [1.82, 2.24) is 4.90 Å². The number of imide groups is 1. The molecule has 0 unspecified atom stereocenters. The number of anilines is 1. The van der Waals surface area contributed by atoms with Crippen LogP contribution in [0.5, 0.6) is 0 Å². The molecular weight excluding hydrogens is 380 g/mol. The fourth-order valence-electron chi connectivity index (χ4n) is 2.73. The van der Waals surface area contributed by atoms with E-state index in [9.17, 15) is 14.4 Å². The lowest BCUT2D eigenvalue weighted by Crippen LogP contribution is -2.29. The Labute approximate surface area is 164 Å². The van der Waals surface area contributed by atoms with Gasteiger partial charge in [0.2, 0.25) is 0 Å². The van der Waals surface area contributed by atoms with Gasteiger partial charge in [-0.1, -0.05) is 18.2 Å². The molecular formula is C20H14N2O3S2. The molecule has 0 saturated heterocycles. The maximum atomic E-state index is 12.4. The predicted octanol–water partition coefficient (Wildman–Crippen LogP) is 4.35. The number of thiophene rings is 1. The van der Waals surface area contributed by atoms with Crippen LogP contribution in [0.3, 0.4) is 0 Å². The van der Waals surface area contributed by atoms with E-state index in [-0.39, 0.29) is 23.6 Å². The molecule has 27 heavy (non-hydrogen) atoms. The molecule has 2 aromatic carbocycles. The Kier molecular flexibility index (Phi) is 4.79. The number of nitrogens with one attached hydrogen (secondary N) is 1. The van der Waals surface area contributed by atoms with Crippen molar-refractivity contribution in [2.45, 2.75) is 4.90 Å². The van der Waals surface area contributed by atoms with E-state index in [0.717, 1.165) is 4.90 Å². The van der Waals surface area contributed by atoms with E-state index in [0.29, 0.717) is 21.7 Å². The topological polar surface area (TPSA) is 66.5 Å². The Morgan fingerprint density at radius 3 is 2.19 bits per heavy atom. The lowest BCUT2D eigenvalue weighted by atomic mass is 10.1. The summed E-state index contributed by atoms with van der Waals surface area (Å²) in [5, 5.41) is 4.69. The lowest BCUT2D eigenvalue weighted by molar-refractivity contribution is 0.0683. The standard InChI is InChI=1S/C20H14N2O3S2/c23-18(17-6-3-11-26-17)21-13-7-9-14(10-8-13)27-12-22-19(24)15-4-1-2-5-16(15)20(22)25/h1-11H,12H2,(H,21,23). The third-order valence-electron chi connectivity index (χ3n) is 4.10. The van der Waals surface area contributed by atoms with Crippen LogP contribution in [0.25, 0.3) is 0 Å². The molecule has 3 aromatic rings. The first kappa shape index (κ1) is 17.5. The van der Waals surface area contributed by atoms with E-state index in [1.807, 2.05) is 23.6 Å². The Bertz CT molecular complexity index is 979. The maximum absolute atomic E-state index is 12.4. The molecule has 4 rings (SSSR count). The van der Waals surface area contributed by atoms with Crippen molar-refractivity contribution in [1.29, 1.82) is 0 Å². The number of amides is 3. The van der Waals surface area contributed by atoms with Crippen LogP contribution in [-0.2, 0) is 0 Å². The van der Waals surface area contributed by atoms with Gasteiger partial charge in [-0.15, -0.1) is 23.1 Å². The van der Waals surface area contributed by atoms with Gasteiger partial charge in [0, 0.05) is 10.6 Å². The van der Waals surface area contributed by atoms with Gasteiger partial charge >= 0.3 is 0 Å². The molecule has 0 bridgehead atoms. The molecule has 0 spiro atoms. The van der Waals surface area contributed by atoms with Crippen LogP contribution in [-0.4, -0.2) is 28.5 Å². The summed E-state index contributed by atoms with van der Waals surface area (Å²) in [6.45, 7) is 0. The summed E-state index contributed by atoms with van der Waals surface area (Å²) in [5.74, 6) is -0.421. The van der Waals surface area contributed by atoms with Crippen molar-refractivity contribution < 1.29 is 14.4 Å². The van der Waals surface area contributed by atoms with Crippen LogP contribution >= 0.6 is 23.1 Å². The van der Waals surface area contributed by atoms with Crippen LogP contribution < -0.4 is 5.32 Å². The van der Waals surface area contributed by atoms with Gasteiger partial charge in [-0.3, -0.25) is 19.3 Å². The van der Waals surface area contributed by atoms with Gasteiger partial charge in [0.05, 0.1) is 21.9 Å². The van der Waals surface area contributed by atoms with Crippen LogP contribution in [0.4, 0.5) is 5.69 Å². The van der Waals surface area contributed by atoms with E-state index in [1.165, 1.54) is 28.0 Å². The third kappa shape index (κ3) is 3.51. The minimum absolute atomic E-state index is 0.142. The molecule has 0 atom stereocenters. The van der Waals surface area contributed by atoms with E-state index in [1.54, 1.807) is 42.5 Å². The van der Waals surface area contributed by atoms with Gasteiger partial charge in [-0.2, -0.15) is 0 Å². The minimum Gasteiger partial charge on any atom is -0.321 e. The number of rotatable bonds is 5. The summed E-state index contributed by atoms with van der Waals surface area (Å²) in [5.41, 5.74) is 1.60. The van der Waals surface area contributed by atoms with Crippen LogP contribution in [0.2, 0.25) is 0 Å². The van der Waals surface area contributed by atoms with Gasteiger partial charge < -0.3 is 5.32 Å². The van der Waals surface area contributed by atoms with E-state index < -0.39 is 0 Å². The Hall–Kier alpha value is -2.90. The molecule has 1 N–H and O–H groups in total. The zero-order valence-electron chi connectivity index (χ0n) is 14.0. The predicted molar refractivity (Wildman–Crippen MR) is 106 cm³/mol. The second-order valence-corrected chi connectivity index (χ2v) is 7.78. The number of carbonyl (C=O) groups excluding carboxylic acids is 3. The van der Waals surface area contributed by atoms with E-state index in [2.05, 4.69) is 5.32 Å². The summed E-state index contributed by atoms with van der Waals surface area (Å²) in [6.07, 6.45) is 0. The number of hydrogen-bond donors (Lipinski definition) is 1. The zero-order valence-corrected chi connectivity index (χ0v) is 15.7. The highest BCUT2D eigenvalue weighted by molar-refractivity contribution is 7.99. The van der Waals surface area contributed by atoms with Crippen molar-refractivity contribution in [3.8, 4) is 0 Å². The van der Waals surface area contributed by atoms with Crippen LogP contribution in [0, 0.1) is 0 Å². The number of nitrogens with zero attached hydrogens (tertiary/aromatic N) is 1. The average Bonchev–Trinajstić information content (AvgIpc) is 3.31. The number of fused-ring (bicyclic) bond motifs is 1. The summed E-state index contributed by atoms with van der Waals surface area (Å²) < 4.78 is 0. The van der Waals surface area contributed by atoms with Gasteiger partial charge in [-0.05, 0) is 47.8 Å². The zero-order chi connectivity index (χ0) is 18.8. The molecule has 134 valence electrons. The average molecular weight is 394 g/mol. The molecule has 0 fully saturated rings. The quantitative estimate of drug-likeness (QED) is 0.516. The summed E-state index contributed by atoms with van der Waals surface area (Å²) in [6, 6.07) is 17.8. The van der Waals surface area contributed by atoms with Crippen molar-refractivity contribution in [2.24, 2.45) is 0 Å². The molecule has 1 aromatic heterocycles. The van der Waals surface area contributed by atoms with E-state index in [4.69, 9.17) is 0 Å². The molecule has 0 radical (unpaired) electrons. The Morgan fingerprint density at radius 1 is 0.926 bits per heavy atom. The summed E-state index contributed by atoms with van der Waals surface area (Å²) in [7, 11) is 0. The highest BCUT2D eigenvalue weighted by Crippen LogP contribution is 2.27. The van der Waals surface area contributed by atoms with Crippen molar-refractivity contribution in [2.75, 3.05) is 11.2 Å². The summed E-state index contributed by atoms with van der Waals surface area (Å²) in [4.78, 5) is 39.6. The number of benzene rings is 2. The largest absolute Gasteiger partial charge is 0.321 e. The van der Waals surface area contributed by atoms with Crippen molar-refractivity contribution >= 4 is 46.5 Å². The first-order chi connectivity index (χ1) is 13.1. The first-order valence-corrected chi connectivity index (χ1v) is 10.0. The van der Waals surface area contributed by atoms with Crippen molar-refractivity contribution in [3.63, 3.8) is 0 Å². The van der Waals surface area contributed by atoms with Gasteiger partial charge in [0.1, 0.15) is 0 Å². The molecule has 0 saturated carbocycles. The lowest BCUT2D eigenvalue weighted by Gasteiger charge is -2.13. The molecule has 1 aliphatic heterocycles. The number of thioether (sulfide) groups is 1. The first-order valence-electron chi connectivity index (χ1n) is 8.16. The minimum atomic E-state index is -0.261. The molecule has 1 aliphatic rings. The maximum Gasteiger partial charge on any atom is 0.265 e. The van der Waals surface area contributed by atoms with Gasteiger partial charge in [-0.25, -0.2) is 0 Å². The molecule has 5 nitrogen and oxygen atoms in total. The SMILES string of the molecule is O=C(Nc1ccc(SCN2C(=O)c3ccccc3C2=O)cc1)c1cccs1. The monoisotopic (exact) mass is 394 g/mol. The fourth-order valence-corrected chi connectivity index (χ4v) is 4.19. The summed E-state index contributed by atoms with van der Waals surface area (Å²) >= 11 is 2.78. The molecule has 3 amide bonds. The highest BCUT2D eigenvalue weighted by atomic mass is 32.2. The second kappa shape index (κ2) is 7.38. The van der Waals surface area contributed by atoms with Gasteiger partial charge in [0.15, 0.2) is 0 Å². The number of hydrogen-bond acceptors (Lipinski definition) is 5. The smallest absolute Gasteiger partial charge is 0.265 e. The van der Waals surface area contributed by atoms with Crippen LogP contribution in [0.15, 0.2) is 70.9 Å². The molecule has 0 aliphatic carbocycles. The van der Waals surface area contributed by atoms with Crippen LogP contribution in [0.1, 0.15) is 30.4 Å². The highest BCUT2D eigenvalue weighted by Gasteiger charge is 2.34. The Balaban J connectivity index is 1.38. The Morgan fingerprint density at radius 2 is 1.59 bits per heavy atom. The molecule has 7 heteroatoms.